The number of nitrogens with one attached hydrogen (secondary N) is 1. The van der Waals surface area contributed by atoms with E-state index >= 15 is 0 Å². The number of fused-ring (bicyclic) bond motifs is 1. The molecule has 0 bridgehead atoms. The van der Waals surface area contributed by atoms with E-state index in [1.54, 1.807) is 13.8 Å². The first-order valence-electron chi connectivity index (χ1n) is 7.08. The number of benzene rings is 1. The Labute approximate surface area is 137 Å². The summed E-state index contributed by atoms with van der Waals surface area (Å²) in [6.07, 6.45) is -1.52. The van der Waals surface area contributed by atoms with Gasteiger partial charge in [-0.15, -0.1) is 0 Å². The van der Waals surface area contributed by atoms with Gasteiger partial charge < -0.3 is 19.7 Å². The van der Waals surface area contributed by atoms with Crippen LogP contribution in [0.2, 0.25) is 5.02 Å². The minimum atomic E-state index is -0.927. The summed E-state index contributed by atoms with van der Waals surface area (Å²) in [5.41, 5.74) is 0.414. The monoisotopic (exact) mass is 342 g/mol. The van der Waals surface area contributed by atoms with E-state index in [-0.39, 0.29) is 10.9 Å². The Balaban J connectivity index is 1.82. The Bertz CT molecular complexity index is 681. The first-order valence-corrected chi connectivity index (χ1v) is 7.46. The van der Waals surface area contributed by atoms with Gasteiger partial charge in [0.25, 0.3) is 11.8 Å². The van der Waals surface area contributed by atoms with Crippen molar-refractivity contribution in [1.82, 2.24) is 5.32 Å². The third-order valence-electron chi connectivity index (χ3n) is 3.90. The smallest absolute Gasteiger partial charge is 0.252 e. The second-order valence-electron chi connectivity index (χ2n) is 6.00. The number of hydrogen-bond donors (Lipinski definition) is 1. The Morgan fingerprint density at radius 2 is 2.09 bits per heavy atom. The fourth-order valence-electron chi connectivity index (χ4n) is 2.79. The van der Waals surface area contributed by atoms with Gasteiger partial charge in [-0.1, -0.05) is 11.6 Å². The summed E-state index contributed by atoms with van der Waals surface area (Å²) in [4.78, 5) is 25.9. The Morgan fingerprint density at radius 3 is 2.74 bits per heavy atom. The third kappa shape index (κ3) is 2.80. The minimum Gasteiger partial charge on any atom is -0.341 e. The van der Waals surface area contributed by atoms with Gasteiger partial charge in [0, 0.05) is 12.7 Å². The van der Waals surface area contributed by atoms with Gasteiger partial charge in [-0.05, 0) is 32.0 Å². The molecule has 3 rings (SSSR count). The standard InChI is InChI=1S/C15H16ClFN2O4/c1-15(2)22-11-10(18-13(20)12(11)23-15)14(21)19(3)7-4-5-9(17)8(16)6-7/h4-6,10-12H,1-3H3,(H,18,20). The number of halogens is 2. The number of anilines is 1. The molecule has 6 nitrogen and oxygen atoms in total. The molecule has 0 aliphatic carbocycles. The van der Waals surface area contributed by atoms with Crippen LogP contribution in [0.4, 0.5) is 10.1 Å². The van der Waals surface area contributed by atoms with Crippen LogP contribution in [0, 0.1) is 5.82 Å². The molecular weight excluding hydrogens is 327 g/mol. The summed E-state index contributed by atoms with van der Waals surface area (Å²) in [6, 6.07) is 3.08. The van der Waals surface area contributed by atoms with Crippen LogP contribution in [0.15, 0.2) is 18.2 Å². The van der Waals surface area contributed by atoms with E-state index in [0.29, 0.717) is 5.69 Å². The lowest BCUT2D eigenvalue weighted by Gasteiger charge is -2.25. The molecule has 1 aromatic carbocycles. The normalized spacial score (nSPS) is 28.4. The molecule has 23 heavy (non-hydrogen) atoms. The molecule has 2 heterocycles. The summed E-state index contributed by atoms with van der Waals surface area (Å²) < 4.78 is 24.4. The first-order chi connectivity index (χ1) is 10.7. The Morgan fingerprint density at radius 1 is 1.39 bits per heavy atom. The van der Waals surface area contributed by atoms with Gasteiger partial charge in [-0.3, -0.25) is 9.59 Å². The molecule has 2 saturated heterocycles. The summed E-state index contributed by atoms with van der Waals surface area (Å²) in [6.45, 7) is 3.37. The predicted molar refractivity (Wildman–Crippen MR) is 80.6 cm³/mol. The van der Waals surface area contributed by atoms with Crippen molar-refractivity contribution in [3.05, 3.63) is 29.0 Å². The predicted octanol–water partition coefficient (Wildman–Crippen LogP) is 1.46. The van der Waals surface area contributed by atoms with Crippen LogP contribution in [-0.2, 0) is 19.1 Å². The SMILES string of the molecule is CN(C(=O)C1NC(=O)C2OC(C)(C)OC12)c1ccc(F)c(Cl)c1. The zero-order chi connectivity index (χ0) is 16.9. The lowest BCUT2D eigenvalue weighted by Crippen LogP contribution is -2.49. The molecule has 8 heteroatoms. The van der Waals surface area contributed by atoms with E-state index < -0.39 is 35.8 Å². The van der Waals surface area contributed by atoms with Gasteiger partial charge in [-0.25, -0.2) is 4.39 Å². The van der Waals surface area contributed by atoms with E-state index in [0.717, 1.165) is 0 Å². The van der Waals surface area contributed by atoms with Crippen LogP contribution in [0.25, 0.3) is 0 Å². The van der Waals surface area contributed by atoms with Crippen LogP contribution in [-0.4, -0.2) is 42.9 Å². The molecule has 3 atom stereocenters. The number of ether oxygens (including phenoxy) is 2. The number of hydrogen-bond acceptors (Lipinski definition) is 4. The maximum Gasteiger partial charge on any atom is 0.252 e. The number of likely N-dealkylation sites (N-methyl/N-ethyl adjacent to an activating group) is 1. The average Bonchev–Trinajstić information content (AvgIpc) is 2.95. The molecule has 0 radical (unpaired) electrons. The zero-order valence-corrected chi connectivity index (χ0v) is 13.6. The molecule has 1 N–H and O–H groups in total. The van der Waals surface area contributed by atoms with Crippen LogP contribution in [0.3, 0.4) is 0 Å². The summed E-state index contributed by atoms with van der Waals surface area (Å²) >= 11 is 5.74. The van der Waals surface area contributed by atoms with Gasteiger partial charge in [0.15, 0.2) is 11.9 Å². The molecular formula is C15H16ClFN2O4. The second-order valence-corrected chi connectivity index (χ2v) is 6.41. The van der Waals surface area contributed by atoms with Gasteiger partial charge >= 0.3 is 0 Å². The van der Waals surface area contributed by atoms with E-state index in [4.69, 9.17) is 21.1 Å². The maximum atomic E-state index is 13.2. The number of amides is 2. The first kappa shape index (κ1) is 16.2. The zero-order valence-electron chi connectivity index (χ0n) is 12.8. The highest BCUT2D eigenvalue weighted by atomic mass is 35.5. The van der Waals surface area contributed by atoms with E-state index in [1.807, 2.05) is 0 Å². The molecule has 2 aliphatic heterocycles. The van der Waals surface area contributed by atoms with E-state index in [2.05, 4.69) is 5.32 Å². The molecule has 124 valence electrons. The van der Waals surface area contributed by atoms with Crippen LogP contribution in [0.1, 0.15) is 13.8 Å². The van der Waals surface area contributed by atoms with Crippen LogP contribution >= 0.6 is 11.6 Å². The van der Waals surface area contributed by atoms with Crippen molar-refractivity contribution < 1.29 is 23.5 Å². The summed E-state index contributed by atoms with van der Waals surface area (Å²) in [5, 5.41) is 2.50. The molecule has 0 spiro atoms. The molecule has 0 aromatic heterocycles. The largest absolute Gasteiger partial charge is 0.341 e. The Kier molecular flexibility index (Phi) is 3.82. The Hall–Kier alpha value is -1.70. The number of carbonyl (C=O) groups is 2. The quantitative estimate of drug-likeness (QED) is 0.883. The number of rotatable bonds is 2. The third-order valence-corrected chi connectivity index (χ3v) is 4.19. The maximum absolute atomic E-state index is 13.2. The van der Waals surface area contributed by atoms with Crippen LogP contribution in [0.5, 0.6) is 0 Å². The number of carbonyl (C=O) groups excluding carboxylic acids is 2. The highest BCUT2D eigenvalue weighted by Crippen LogP contribution is 2.34. The highest BCUT2D eigenvalue weighted by molar-refractivity contribution is 6.31. The molecule has 2 aliphatic rings. The fraction of sp³-hybridized carbons (Fsp3) is 0.467. The molecule has 2 fully saturated rings. The van der Waals surface area contributed by atoms with Gasteiger partial charge in [-0.2, -0.15) is 0 Å². The lowest BCUT2D eigenvalue weighted by atomic mass is 10.1. The second kappa shape index (κ2) is 5.43. The highest BCUT2D eigenvalue weighted by Gasteiger charge is 2.56. The van der Waals surface area contributed by atoms with Crippen molar-refractivity contribution in [2.75, 3.05) is 11.9 Å². The molecule has 1 aromatic rings. The lowest BCUT2D eigenvalue weighted by molar-refractivity contribution is -0.164. The topological polar surface area (TPSA) is 67.9 Å². The minimum absolute atomic E-state index is 0.0860. The fourth-order valence-corrected chi connectivity index (χ4v) is 2.96. The van der Waals surface area contributed by atoms with Gasteiger partial charge in [0.2, 0.25) is 0 Å². The number of nitrogens with zero attached hydrogens (tertiary/aromatic N) is 1. The van der Waals surface area contributed by atoms with Crippen molar-refractivity contribution in [3.63, 3.8) is 0 Å². The van der Waals surface area contributed by atoms with Gasteiger partial charge in [0.05, 0.1) is 5.02 Å². The van der Waals surface area contributed by atoms with Crippen molar-refractivity contribution in [2.24, 2.45) is 0 Å². The average molecular weight is 343 g/mol. The van der Waals surface area contributed by atoms with Gasteiger partial charge in [0.1, 0.15) is 18.0 Å². The summed E-state index contributed by atoms with van der Waals surface area (Å²) in [7, 11) is 1.52. The molecule has 0 saturated carbocycles. The molecule has 2 amide bonds. The van der Waals surface area contributed by atoms with E-state index in [9.17, 15) is 14.0 Å². The summed E-state index contributed by atoms with van der Waals surface area (Å²) in [5.74, 6) is -2.28. The van der Waals surface area contributed by atoms with E-state index in [1.165, 1.54) is 30.1 Å². The van der Waals surface area contributed by atoms with Crippen molar-refractivity contribution in [1.29, 1.82) is 0 Å². The van der Waals surface area contributed by atoms with Crippen molar-refractivity contribution in [3.8, 4) is 0 Å². The van der Waals surface area contributed by atoms with Crippen molar-refractivity contribution >= 4 is 29.1 Å². The van der Waals surface area contributed by atoms with Crippen molar-refractivity contribution in [2.45, 2.75) is 37.9 Å². The molecule has 3 unspecified atom stereocenters. The van der Waals surface area contributed by atoms with Crippen LogP contribution < -0.4 is 10.2 Å².